The molecule has 4 rings (SSSR count). The van der Waals surface area contributed by atoms with E-state index in [-0.39, 0.29) is 24.8 Å². The van der Waals surface area contributed by atoms with Crippen LogP contribution in [0.5, 0.6) is 0 Å². The van der Waals surface area contributed by atoms with E-state index in [1.165, 1.54) is 26.0 Å². The number of ketones is 2. The van der Waals surface area contributed by atoms with Crippen molar-refractivity contribution in [3.05, 3.63) is 23.8 Å². The Balaban J connectivity index is 1.86. The van der Waals surface area contributed by atoms with Crippen molar-refractivity contribution in [2.24, 2.45) is 28.6 Å². The molecule has 0 spiro atoms. The summed E-state index contributed by atoms with van der Waals surface area (Å²) in [7, 11) is 0. The third-order valence-electron chi connectivity index (χ3n) is 8.82. The molecular formula is C22H28F2O6. The minimum absolute atomic E-state index is 0.000401. The summed E-state index contributed by atoms with van der Waals surface area (Å²) in [4.78, 5) is 24.4. The lowest BCUT2D eigenvalue weighted by Crippen LogP contribution is -2.71. The molecule has 0 aliphatic heterocycles. The van der Waals surface area contributed by atoms with Gasteiger partial charge in [0.15, 0.2) is 11.5 Å². The highest BCUT2D eigenvalue weighted by atomic mass is 19.1. The van der Waals surface area contributed by atoms with E-state index in [9.17, 15) is 30.0 Å². The molecule has 3 saturated carbocycles. The van der Waals surface area contributed by atoms with Crippen molar-refractivity contribution >= 4 is 11.6 Å². The predicted octanol–water partition coefficient (Wildman–Crippen LogP) is 1.16. The van der Waals surface area contributed by atoms with Crippen molar-refractivity contribution in [3.8, 4) is 0 Å². The van der Waals surface area contributed by atoms with Gasteiger partial charge in [-0.1, -0.05) is 19.9 Å². The van der Waals surface area contributed by atoms with Gasteiger partial charge in [0.05, 0.1) is 6.10 Å². The number of carbonyl (C=O) groups excluding carboxylic acids is 2. The molecule has 3 fully saturated rings. The summed E-state index contributed by atoms with van der Waals surface area (Å²) in [6.45, 7) is 4.57. The topological polar surface area (TPSA) is 115 Å². The average molecular weight is 426 g/mol. The van der Waals surface area contributed by atoms with Gasteiger partial charge in [0.25, 0.3) is 0 Å². The zero-order valence-electron chi connectivity index (χ0n) is 17.2. The van der Waals surface area contributed by atoms with E-state index in [0.29, 0.717) is 0 Å². The monoisotopic (exact) mass is 426 g/mol. The molecule has 0 radical (unpaired) electrons. The fraction of sp³-hybridized carbons (Fsp3) is 0.727. The molecular weight excluding hydrogens is 398 g/mol. The van der Waals surface area contributed by atoms with E-state index in [0.717, 1.165) is 6.08 Å². The van der Waals surface area contributed by atoms with Crippen molar-refractivity contribution in [1.82, 2.24) is 0 Å². The quantitative estimate of drug-likeness (QED) is 0.493. The molecule has 4 N–H and O–H groups in total. The maximum atomic E-state index is 16.9. The Morgan fingerprint density at radius 3 is 2.47 bits per heavy atom. The fourth-order valence-electron chi connectivity index (χ4n) is 7.26. The Labute approximate surface area is 173 Å². The lowest BCUT2D eigenvalue weighted by molar-refractivity contribution is -0.229. The van der Waals surface area contributed by atoms with Gasteiger partial charge in [0.1, 0.15) is 11.8 Å². The molecule has 8 heteroatoms. The third kappa shape index (κ3) is 2.25. The molecule has 4 aliphatic carbocycles. The van der Waals surface area contributed by atoms with E-state index < -0.39 is 70.0 Å². The van der Waals surface area contributed by atoms with Crippen LogP contribution in [0.15, 0.2) is 23.8 Å². The van der Waals surface area contributed by atoms with E-state index in [1.807, 2.05) is 0 Å². The Hall–Kier alpha value is -1.48. The van der Waals surface area contributed by atoms with Crippen LogP contribution in [-0.2, 0) is 9.59 Å². The molecule has 0 bridgehead atoms. The van der Waals surface area contributed by atoms with Crippen molar-refractivity contribution < 1.29 is 38.8 Å². The second-order valence-corrected chi connectivity index (χ2v) is 10.0. The van der Waals surface area contributed by atoms with Crippen LogP contribution in [0.1, 0.15) is 40.0 Å². The zero-order valence-corrected chi connectivity index (χ0v) is 17.2. The number of allylic oxidation sites excluding steroid dienone is 4. The Morgan fingerprint density at radius 1 is 1.23 bits per heavy atom. The summed E-state index contributed by atoms with van der Waals surface area (Å²) in [6, 6.07) is 0. The second kappa shape index (κ2) is 6.28. The van der Waals surface area contributed by atoms with Crippen LogP contribution >= 0.6 is 0 Å². The summed E-state index contributed by atoms with van der Waals surface area (Å²) in [5.74, 6) is -4.10. The van der Waals surface area contributed by atoms with Crippen LogP contribution in [0, 0.1) is 28.6 Å². The SMILES string of the molecule is C[C@@H]1C[C@H]2[C@@H]3C[C@H](F)C4=CC(=O)C=C[C@]4(C)[C@@]3(F)[C@@H](O)C[C@]2(C)[C@@]1(O)C(=O)C(O)O. The van der Waals surface area contributed by atoms with Gasteiger partial charge in [0, 0.05) is 16.7 Å². The van der Waals surface area contributed by atoms with Gasteiger partial charge < -0.3 is 20.4 Å². The number of alkyl halides is 2. The minimum Gasteiger partial charge on any atom is -0.390 e. The zero-order chi connectivity index (χ0) is 22.4. The van der Waals surface area contributed by atoms with Crippen molar-refractivity contribution in [2.75, 3.05) is 0 Å². The number of aliphatic hydroxyl groups excluding tert-OH is 2. The van der Waals surface area contributed by atoms with Gasteiger partial charge in [0.2, 0.25) is 12.1 Å². The van der Waals surface area contributed by atoms with Gasteiger partial charge in [-0.15, -0.1) is 0 Å². The van der Waals surface area contributed by atoms with Crippen LogP contribution in [-0.4, -0.2) is 61.8 Å². The number of Topliss-reactive ketones (excluding diaryl/α,β-unsaturated/α-hetero) is 1. The molecule has 0 aromatic rings. The average Bonchev–Trinajstić information content (AvgIpc) is 2.86. The predicted molar refractivity (Wildman–Crippen MR) is 101 cm³/mol. The number of fused-ring (bicyclic) bond motifs is 5. The maximum Gasteiger partial charge on any atom is 0.220 e. The van der Waals surface area contributed by atoms with Crippen molar-refractivity contribution in [3.63, 3.8) is 0 Å². The van der Waals surface area contributed by atoms with Crippen molar-refractivity contribution in [2.45, 2.75) is 69.9 Å². The molecule has 0 heterocycles. The van der Waals surface area contributed by atoms with E-state index in [2.05, 4.69) is 0 Å². The molecule has 0 saturated heterocycles. The van der Waals surface area contributed by atoms with Crippen LogP contribution in [0.2, 0.25) is 0 Å². The molecule has 0 aromatic heterocycles. The number of hydrogen-bond acceptors (Lipinski definition) is 6. The maximum absolute atomic E-state index is 16.9. The number of halogens is 2. The molecule has 6 nitrogen and oxygen atoms in total. The highest BCUT2D eigenvalue weighted by Gasteiger charge is 2.76. The lowest BCUT2D eigenvalue weighted by Gasteiger charge is -2.63. The van der Waals surface area contributed by atoms with E-state index >= 15 is 8.78 Å². The summed E-state index contributed by atoms with van der Waals surface area (Å²) in [5, 5.41) is 41.4. The van der Waals surface area contributed by atoms with Crippen LogP contribution in [0.4, 0.5) is 8.78 Å². The second-order valence-electron chi connectivity index (χ2n) is 10.0. The smallest absolute Gasteiger partial charge is 0.220 e. The first-order valence-corrected chi connectivity index (χ1v) is 10.3. The van der Waals surface area contributed by atoms with Crippen LogP contribution in [0.25, 0.3) is 0 Å². The first kappa shape index (κ1) is 21.7. The molecule has 166 valence electrons. The Kier molecular flexibility index (Phi) is 4.55. The van der Waals surface area contributed by atoms with Gasteiger partial charge >= 0.3 is 0 Å². The molecule has 9 atom stereocenters. The summed E-state index contributed by atoms with van der Waals surface area (Å²) in [5.41, 5.74) is -7.43. The Morgan fingerprint density at radius 2 is 1.87 bits per heavy atom. The molecule has 0 amide bonds. The number of carbonyl (C=O) groups is 2. The van der Waals surface area contributed by atoms with E-state index in [4.69, 9.17) is 0 Å². The summed E-state index contributed by atoms with van der Waals surface area (Å²) in [6.07, 6.45) is -2.54. The van der Waals surface area contributed by atoms with Gasteiger partial charge in [-0.2, -0.15) is 0 Å². The first-order valence-electron chi connectivity index (χ1n) is 10.3. The summed E-state index contributed by atoms with van der Waals surface area (Å²) >= 11 is 0. The number of rotatable bonds is 2. The van der Waals surface area contributed by atoms with Gasteiger partial charge in [-0.05, 0) is 55.7 Å². The summed E-state index contributed by atoms with van der Waals surface area (Å²) < 4.78 is 32.1. The molecule has 30 heavy (non-hydrogen) atoms. The largest absolute Gasteiger partial charge is 0.390 e. The third-order valence-corrected chi connectivity index (χ3v) is 8.82. The Bertz CT molecular complexity index is 870. The lowest BCUT2D eigenvalue weighted by atomic mass is 9.44. The fourth-order valence-corrected chi connectivity index (χ4v) is 7.26. The molecule has 0 aromatic carbocycles. The normalized spacial score (nSPS) is 52.5. The standard InChI is InChI=1S/C22H28F2O6/c1-10-6-12-13-8-15(23)14-7-11(25)4-5-19(14,2)21(13,24)16(26)9-20(12,3)22(10,30)17(27)18(28)29/h4-5,7,10,12-13,15-16,18,26,28-30H,6,8-9H2,1-3H3/t10-,12+,13+,15+,16+,19+,20+,21+,22+/m1/s1. The highest BCUT2D eigenvalue weighted by Crippen LogP contribution is 2.71. The van der Waals surface area contributed by atoms with Crippen molar-refractivity contribution in [1.29, 1.82) is 0 Å². The first-order chi connectivity index (χ1) is 13.7. The molecule has 0 unspecified atom stereocenters. The van der Waals surface area contributed by atoms with Gasteiger partial charge in [-0.25, -0.2) is 8.78 Å². The number of hydrogen-bond donors (Lipinski definition) is 4. The van der Waals surface area contributed by atoms with E-state index in [1.54, 1.807) is 6.92 Å². The minimum atomic E-state index is -2.41. The van der Waals surface area contributed by atoms with Gasteiger partial charge in [-0.3, -0.25) is 9.59 Å². The number of aliphatic hydroxyl groups is 4. The van der Waals surface area contributed by atoms with Crippen LogP contribution < -0.4 is 0 Å². The highest BCUT2D eigenvalue weighted by molar-refractivity contribution is 6.01. The molecule has 4 aliphatic rings. The van der Waals surface area contributed by atoms with Crippen LogP contribution in [0.3, 0.4) is 0 Å².